The molecular weight excluding hydrogens is 278 g/mol. The van der Waals surface area contributed by atoms with Crippen molar-refractivity contribution in [2.24, 2.45) is 4.99 Å². The second-order valence-corrected chi connectivity index (χ2v) is 4.38. The Kier molecular flexibility index (Phi) is 3.94. The van der Waals surface area contributed by atoms with Gasteiger partial charge in [-0.15, -0.1) is 0 Å². The molecule has 0 bridgehead atoms. The predicted molar refractivity (Wildman–Crippen MR) is 73.8 cm³/mol. The molecule has 2 aromatic rings. The van der Waals surface area contributed by atoms with E-state index in [4.69, 9.17) is 4.74 Å². The minimum absolute atomic E-state index is 0.618. The largest absolute Gasteiger partial charge is 0.481 e. The Morgan fingerprint density at radius 3 is 2.24 bits per heavy atom. The van der Waals surface area contributed by atoms with Crippen LogP contribution in [0.25, 0.3) is 0 Å². The highest BCUT2D eigenvalue weighted by atomic mass is 79.9. The maximum atomic E-state index is 5.31. The summed E-state index contributed by atoms with van der Waals surface area (Å²) in [5, 5.41) is 0. The second-order valence-electron chi connectivity index (χ2n) is 3.46. The van der Waals surface area contributed by atoms with Gasteiger partial charge in [0.05, 0.1) is 12.8 Å². The number of halogens is 1. The highest BCUT2D eigenvalue weighted by Crippen LogP contribution is 2.18. The van der Waals surface area contributed by atoms with Crippen molar-refractivity contribution < 1.29 is 4.74 Å². The molecule has 0 atom stereocenters. The van der Waals surface area contributed by atoms with Crippen molar-refractivity contribution in [3.8, 4) is 0 Å². The van der Waals surface area contributed by atoms with Gasteiger partial charge in [-0.05, 0) is 36.4 Å². The number of aliphatic imine (C=N–C) groups is 1. The van der Waals surface area contributed by atoms with Gasteiger partial charge in [-0.2, -0.15) is 0 Å². The van der Waals surface area contributed by atoms with E-state index in [0.29, 0.717) is 5.90 Å². The predicted octanol–water partition coefficient (Wildman–Crippen LogP) is 4.17. The zero-order chi connectivity index (χ0) is 12.1. The van der Waals surface area contributed by atoms with Crippen LogP contribution in [0.4, 0.5) is 5.69 Å². The van der Waals surface area contributed by atoms with Crippen molar-refractivity contribution in [2.45, 2.75) is 0 Å². The fourth-order valence-electron chi connectivity index (χ4n) is 1.44. The Bertz CT molecular complexity index is 506. The normalized spacial score (nSPS) is 11.3. The van der Waals surface area contributed by atoms with E-state index < -0.39 is 0 Å². The number of hydrogen-bond donors (Lipinski definition) is 0. The smallest absolute Gasteiger partial charge is 0.220 e. The monoisotopic (exact) mass is 289 g/mol. The fourth-order valence-corrected chi connectivity index (χ4v) is 1.71. The van der Waals surface area contributed by atoms with E-state index in [1.54, 1.807) is 7.11 Å². The molecule has 0 aliphatic heterocycles. The molecule has 0 N–H and O–H groups in total. The average Bonchev–Trinajstić information content (AvgIpc) is 2.39. The highest BCUT2D eigenvalue weighted by Gasteiger charge is 2.02. The summed E-state index contributed by atoms with van der Waals surface area (Å²) in [5.41, 5.74) is 1.84. The minimum atomic E-state index is 0.618. The van der Waals surface area contributed by atoms with Crippen molar-refractivity contribution in [1.82, 2.24) is 0 Å². The van der Waals surface area contributed by atoms with Gasteiger partial charge >= 0.3 is 0 Å². The van der Waals surface area contributed by atoms with Gasteiger partial charge in [-0.1, -0.05) is 34.1 Å². The number of hydrogen-bond acceptors (Lipinski definition) is 2. The van der Waals surface area contributed by atoms with Crippen LogP contribution in [0.3, 0.4) is 0 Å². The zero-order valence-electron chi connectivity index (χ0n) is 9.43. The third-order valence-corrected chi connectivity index (χ3v) is 2.80. The summed E-state index contributed by atoms with van der Waals surface area (Å²) < 4.78 is 6.35. The van der Waals surface area contributed by atoms with Crippen LogP contribution in [-0.2, 0) is 4.74 Å². The first-order valence-corrected chi connectivity index (χ1v) is 6.02. The third-order valence-electron chi connectivity index (χ3n) is 2.27. The van der Waals surface area contributed by atoms with Crippen LogP contribution in [0, 0.1) is 0 Å². The minimum Gasteiger partial charge on any atom is -0.481 e. The molecule has 2 nitrogen and oxygen atoms in total. The van der Waals surface area contributed by atoms with E-state index >= 15 is 0 Å². The number of rotatable bonds is 2. The Hall–Kier alpha value is -1.61. The molecule has 0 spiro atoms. The molecule has 86 valence electrons. The summed E-state index contributed by atoms with van der Waals surface area (Å²) in [7, 11) is 1.63. The van der Waals surface area contributed by atoms with Gasteiger partial charge in [-0.3, -0.25) is 0 Å². The van der Waals surface area contributed by atoms with Crippen molar-refractivity contribution >= 4 is 27.5 Å². The van der Waals surface area contributed by atoms with Crippen molar-refractivity contribution in [1.29, 1.82) is 0 Å². The molecule has 17 heavy (non-hydrogen) atoms. The lowest BCUT2D eigenvalue weighted by Gasteiger charge is -2.04. The molecule has 2 rings (SSSR count). The lowest BCUT2D eigenvalue weighted by molar-refractivity contribution is 0.405. The van der Waals surface area contributed by atoms with E-state index in [0.717, 1.165) is 15.7 Å². The standard InChI is InChI=1S/C14H12BrNO/c1-17-14(11-5-3-2-4-6-11)16-13-9-7-12(15)8-10-13/h2-10H,1H3. The lowest BCUT2D eigenvalue weighted by atomic mass is 10.2. The van der Waals surface area contributed by atoms with Gasteiger partial charge in [0.25, 0.3) is 0 Å². The van der Waals surface area contributed by atoms with Gasteiger partial charge < -0.3 is 4.74 Å². The molecule has 0 amide bonds. The van der Waals surface area contributed by atoms with Gasteiger partial charge in [-0.25, -0.2) is 4.99 Å². The summed E-state index contributed by atoms with van der Waals surface area (Å²) in [5.74, 6) is 0.618. The van der Waals surface area contributed by atoms with E-state index in [1.165, 1.54) is 0 Å². The summed E-state index contributed by atoms with van der Waals surface area (Å²) in [6.45, 7) is 0. The fraction of sp³-hybridized carbons (Fsp3) is 0.0714. The molecule has 3 heteroatoms. The average molecular weight is 290 g/mol. The summed E-state index contributed by atoms with van der Waals surface area (Å²) in [4.78, 5) is 4.46. The first kappa shape index (κ1) is 11.9. The molecule has 0 unspecified atom stereocenters. The molecule has 0 saturated heterocycles. The van der Waals surface area contributed by atoms with E-state index in [1.807, 2.05) is 54.6 Å². The number of ether oxygens (including phenoxy) is 1. The van der Waals surface area contributed by atoms with Crippen molar-refractivity contribution in [3.05, 3.63) is 64.6 Å². The quantitative estimate of drug-likeness (QED) is 0.600. The Morgan fingerprint density at radius 2 is 1.65 bits per heavy atom. The van der Waals surface area contributed by atoms with Gasteiger partial charge in [0, 0.05) is 10.0 Å². The Balaban J connectivity index is 2.33. The molecule has 0 fully saturated rings. The van der Waals surface area contributed by atoms with Gasteiger partial charge in [0.2, 0.25) is 5.90 Å². The van der Waals surface area contributed by atoms with Crippen LogP contribution in [0.1, 0.15) is 5.56 Å². The maximum Gasteiger partial charge on any atom is 0.220 e. The molecule has 0 radical (unpaired) electrons. The molecule has 0 aliphatic carbocycles. The molecule has 0 aliphatic rings. The number of nitrogens with zero attached hydrogens (tertiary/aromatic N) is 1. The van der Waals surface area contributed by atoms with E-state index in [9.17, 15) is 0 Å². The molecule has 0 saturated carbocycles. The van der Waals surface area contributed by atoms with Crippen LogP contribution in [0.15, 0.2) is 64.1 Å². The van der Waals surface area contributed by atoms with Crippen molar-refractivity contribution in [3.63, 3.8) is 0 Å². The van der Waals surface area contributed by atoms with Crippen LogP contribution in [0.2, 0.25) is 0 Å². The van der Waals surface area contributed by atoms with Crippen LogP contribution >= 0.6 is 15.9 Å². The van der Waals surface area contributed by atoms with Crippen LogP contribution in [-0.4, -0.2) is 13.0 Å². The van der Waals surface area contributed by atoms with Crippen molar-refractivity contribution in [2.75, 3.05) is 7.11 Å². The zero-order valence-corrected chi connectivity index (χ0v) is 11.0. The highest BCUT2D eigenvalue weighted by molar-refractivity contribution is 9.10. The molecule has 2 aromatic carbocycles. The number of benzene rings is 2. The Morgan fingerprint density at radius 1 is 1.00 bits per heavy atom. The third kappa shape index (κ3) is 3.17. The topological polar surface area (TPSA) is 21.6 Å². The lowest BCUT2D eigenvalue weighted by Crippen LogP contribution is -2.02. The number of methoxy groups -OCH3 is 1. The SMILES string of the molecule is COC(=Nc1ccc(Br)cc1)c1ccccc1. The van der Waals surface area contributed by atoms with Crippen LogP contribution in [0.5, 0.6) is 0 Å². The van der Waals surface area contributed by atoms with Crippen LogP contribution < -0.4 is 0 Å². The molecular formula is C14H12BrNO. The van der Waals surface area contributed by atoms with Gasteiger partial charge in [0.1, 0.15) is 0 Å². The van der Waals surface area contributed by atoms with E-state index in [2.05, 4.69) is 20.9 Å². The molecule has 0 heterocycles. The summed E-state index contributed by atoms with van der Waals surface area (Å²) in [6, 6.07) is 17.6. The summed E-state index contributed by atoms with van der Waals surface area (Å²) in [6.07, 6.45) is 0. The molecule has 0 aromatic heterocycles. The summed E-state index contributed by atoms with van der Waals surface area (Å²) >= 11 is 3.39. The maximum absolute atomic E-state index is 5.31. The first-order chi connectivity index (χ1) is 8.29. The second kappa shape index (κ2) is 5.64. The van der Waals surface area contributed by atoms with Gasteiger partial charge in [0.15, 0.2) is 0 Å². The first-order valence-electron chi connectivity index (χ1n) is 5.23. The van der Waals surface area contributed by atoms with E-state index in [-0.39, 0.29) is 0 Å². The Labute approximate surface area is 109 Å².